The van der Waals surface area contributed by atoms with E-state index >= 15 is 0 Å². The third-order valence-electron chi connectivity index (χ3n) is 4.13. The number of hydrogen-bond acceptors (Lipinski definition) is 4. The molecule has 6 heteroatoms. The average molecular weight is 246 g/mol. The molecule has 3 fully saturated rings. The molecule has 2 N–H and O–H groups in total. The first-order chi connectivity index (χ1) is 7.61. The van der Waals surface area contributed by atoms with Crippen LogP contribution in [0.2, 0.25) is 0 Å². The maximum absolute atomic E-state index is 12.0. The quantitative estimate of drug-likeness (QED) is 0.678. The largest absolute Gasteiger partial charge is 0.376 e. The van der Waals surface area contributed by atoms with E-state index in [1.165, 1.54) is 0 Å². The van der Waals surface area contributed by atoms with Crippen LogP contribution < -0.4 is 5.73 Å². The minimum absolute atomic E-state index is 0.0274. The van der Waals surface area contributed by atoms with Crippen LogP contribution in [0, 0.1) is 5.92 Å². The van der Waals surface area contributed by atoms with E-state index in [-0.39, 0.29) is 23.9 Å². The number of ether oxygens (including phenoxy) is 1. The summed E-state index contributed by atoms with van der Waals surface area (Å²) in [4.78, 5) is 0. The smallest absolute Gasteiger partial charge is 0.214 e. The number of rotatable bonds is 1. The van der Waals surface area contributed by atoms with Crippen molar-refractivity contribution < 1.29 is 13.2 Å². The molecule has 0 aromatic rings. The lowest BCUT2D eigenvalue weighted by molar-refractivity contribution is -0.0484. The van der Waals surface area contributed by atoms with E-state index < -0.39 is 10.0 Å². The predicted octanol–water partition coefficient (Wildman–Crippen LogP) is -0.473. The SMILES string of the molecule is NC1C2CCOC2C1N1CCCCS1(=O)=O. The molecule has 0 radical (unpaired) electrons. The Kier molecular flexibility index (Phi) is 2.51. The van der Waals surface area contributed by atoms with Crippen LogP contribution >= 0.6 is 0 Å². The normalized spacial score (nSPS) is 47.3. The lowest BCUT2D eigenvalue weighted by Crippen LogP contribution is -2.70. The van der Waals surface area contributed by atoms with Crippen molar-refractivity contribution in [1.29, 1.82) is 0 Å². The molecule has 2 aliphatic heterocycles. The molecular formula is C10H18N2O3S. The zero-order valence-corrected chi connectivity index (χ0v) is 10.0. The van der Waals surface area contributed by atoms with Gasteiger partial charge in [-0.25, -0.2) is 8.42 Å². The molecule has 0 spiro atoms. The number of nitrogens with zero attached hydrogens (tertiary/aromatic N) is 1. The van der Waals surface area contributed by atoms with Gasteiger partial charge in [-0.15, -0.1) is 0 Å². The fourth-order valence-corrected chi connectivity index (χ4v) is 5.06. The summed E-state index contributed by atoms with van der Waals surface area (Å²) in [6.45, 7) is 1.35. The zero-order valence-electron chi connectivity index (χ0n) is 9.21. The molecule has 0 aromatic heterocycles. The van der Waals surface area contributed by atoms with Crippen molar-refractivity contribution in [3.8, 4) is 0 Å². The van der Waals surface area contributed by atoms with Crippen LogP contribution in [-0.4, -0.2) is 49.8 Å². The first-order valence-corrected chi connectivity index (χ1v) is 7.59. The molecule has 1 aliphatic carbocycles. The highest BCUT2D eigenvalue weighted by molar-refractivity contribution is 7.89. The van der Waals surface area contributed by atoms with Crippen LogP contribution in [0.5, 0.6) is 0 Å². The molecular weight excluding hydrogens is 228 g/mol. The van der Waals surface area contributed by atoms with E-state index in [2.05, 4.69) is 0 Å². The minimum Gasteiger partial charge on any atom is -0.376 e. The summed E-state index contributed by atoms with van der Waals surface area (Å²) < 4.78 is 31.1. The second kappa shape index (κ2) is 3.66. The van der Waals surface area contributed by atoms with Gasteiger partial charge in [0.15, 0.2) is 0 Å². The summed E-state index contributed by atoms with van der Waals surface area (Å²) in [5, 5.41) is 0. The van der Waals surface area contributed by atoms with Crippen molar-refractivity contribution in [3.63, 3.8) is 0 Å². The lowest BCUT2D eigenvalue weighted by Gasteiger charge is -2.50. The summed E-state index contributed by atoms with van der Waals surface area (Å²) in [5.74, 6) is 0.648. The molecule has 2 heterocycles. The van der Waals surface area contributed by atoms with E-state index in [0.717, 1.165) is 25.9 Å². The Morgan fingerprint density at radius 2 is 2.12 bits per heavy atom. The van der Waals surface area contributed by atoms with Gasteiger partial charge in [0.2, 0.25) is 10.0 Å². The highest BCUT2D eigenvalue weighted by Crippen LogP contribution is 2.42. The van der Waals surface area contributed by atoms with Gasteiger partial charge < -0.3 is 10.5 Å². The van der Waals surface area contributed by atoms with Gasteiger partial charge in [0.25, 0.3) is 0 Å². The fourth-order valence-electron chi connectivity index (χ4n) is 3.22. The van der Waals surface area contributed by atoms with Gasteiger partial charge in [0, 0.05) is 25.1 Å². The predicted molar refractivity (Wildman–Crippen MR) is 59.3 cm³/mol. The van der Waals surface area contributed by atoms with Crippen molar-refractivity contribution in [2.75, 3.05) is 18.9 Å². The van der Waals surface area contributed by atoms with Gasteiger partial charge in [-0.05, 0) is 19.3 Å². The fraction of sp³-hybridized carbons (Fsp3) is 1.00. The standard InChI is InChI=1S/C10H18N2O3S/c11-8-7-3-5-15-10(7)9(8)12-4-1-2-6-16(12,13)14/h7-10H,1-6,11H2. The first kappa shape index (κ1) is 11.0. The Morgan fingerprint density at radius 1 is 1.31 bits per heavy atom. The summed E-state index contributed by atoms with van der Waals surface area (Å²) in [7, 11) is -3.08. The molecule has 3 aliphatic rings. The summed E-state index contributed by atoms with van der Waals surface area (Å²) in [6, 6.07) is -0.127. The van der Waals surface area contributed by atoms with Gasteiger partial charge >= 0.3 is 0 Å². The third-order valence-corrected chi connectivity index (χ3v) is 6.07. The maximum Gasteiger partial charge on any atom is 0.214 e. The van der Waals surface area contributed by atoms with Crippen molar-refractivity contribution in [3.05, 3.63) is 0 Å². The van der Waals surface area contributed by atoms with Crippen LogP contribution in [0.25, 0.3) is 0 Å². The molecule has 0 amide bonds. The molecule has 5 nitrogen and oxygen atoms in total. The average Bonchev–Trinajstić information content (AvgIpc) is 2.65. The molecule has 4 unspecified atom stereocenters. The Balaban J connectivity index is 1.82. The lowest BCUT2D eigenvalue weighted by atomic mass is 9.72. The maximum atomic E-state index is 12.0. The molecule has 2 saturated heterocycles. The molecule has 16 heavy (non-hydrogen) atoms. The van der Waals surface area contributed by atoms with Crippen LogP contribution in [0.3, 0.4) is 0 Å². The summed E-state index contributed by atoms with van der Waals surface area (Å²) >= 11 is 0. The molecule has 3 rings (SSSR count). The van der Waals surface area contributed by atoms with Crippen molar-refractivity contribution >= 4 is 10.0 Å². The number of fused-ring (bicyclic) bond motifs is 1. The topological polar surface area (TPSA) is 72.6 Å². The van der Waals surface area contributed by atoms with Crippen molar-refractivity contribution in [2.24, 2.45) is 11.7 Å². The van der Waals surface area contributed by atoms with Crippen LogP contribution in [0.15, 0.2) is 0 Å². The van der Waals surface area contributed by atoms with E-state index in [1.807, 2.05) is 0 Å². The number of nitrogens with two attached hydrogens (primary N) is 1. The number of hydrogen-bond donors (Lipinski definition) is 1. The van der Waals surface area contributed by atoms with E-state index in [1.54, 1.807) is 4.31 Å². The minimum atomic E-state index is -3.08. The summed E-state index contributed by atoms with van der Waals surface area (Å²) in [5.41, 5.74) is 6.07. The second-order valence-corrected chi connectivity index (χ2v) is 7.03. The molecule has 0 bridgehead atoms. The Hall–Kier alpha value is -0.170. The molecule has 0 aromatic carbocycles. The highest BCUT2D eigenvalue weighted by atomic mass is 32.2. The first-order valence-electron chi connectivity index (χ1n) is 5.98. The van der Waals surface area contributed by atoms with E-state index in [9.17, 15) is 8.42 Å². The van der Waals surface area contributed by atoms with Crippen molar-refractivity contribution in [1.82, 2.24) is 4.31 Å². The number of sulfonamides is 1. The highest BCUT2D eigenvalue weighted by Gasteiger charge is 2.56. The van der Waals surface area contributed by atoms with Gasteiger partial charge in [-0.1, -0.05) is 0 Å². The Bertz CT molecular complexity index is 384. The third kappa shape index (κ3) is 1.44. The molecule has 92 valence electrons. The van der Waals surface area contributed by atoms with Gasteiger partial charge in [0.05, 0.1) is 17.9 Å². The zero-order chi connectivity index (χ0) is 11.3. The van der Waals surface area contributed by atoms with Gasteiger partial charge in [-0.2, -0.15) is 4.31 Å². The van der Waals surface area contributed by atoms with Crippen molar-refractivity contribution in [2.45, 2.75) is 37.5 Å². The molecule has 4 atom stereocenters. The van der Waals surface area contributed by atoms with Crippen LogP contribution in [0.1, 0.15) is 19.3 Å². The van der Waals surface area contributed by atoms with Crippen LogP contribution in [0.4, 0.5) is 0 Å². The second-order valence-electron chi connectivity index (χ2n) is 4.99. The Morgan fingerprint density at radius 3 is 2.88 bits per heavy atom. The monoisotopic (exact) mass is 246 g/mol. The van der Waals surface area contributed by atoms with Crippen LogP contribution in [-0.2, 0) is 14.8 Å². The Labute approximate surface area is 96.0 Å². The van der Waals surface area contributed by atoms with Gasteiger partial charge in [-0.3, -0.25) is 0 Å². The van der Waals surface area contributed by atoms with E-state index in [0.29, 0.717) is 12.5 Å². The molecule has 1 saturated carbocycles. The van der Waals surface area contributed by atoms with Gasteiger partial charge in [0.1, 0.15) is 0 Å². The summed E-state index contributed by atoms with van der Waals surface area (Å²) in [6.07, 6.45) is 2.76. The van der Waals surface area contributed by atoms with E-state index in [4.69, 9.17) is 10.5 Å².